The quantitative estimate of drug-likeness (QED) is 0.581. The molecule has 16 heavy (non-hydrogen) atoms. The number of hydrogen-bond donors (Lipinski definition) is 0. The van der Waals surface area contributed by atoms with Gasteiger partial charge in [-0.1, -0.05) is 28.4 Å². The SMILES string of the molecule is C=C[C@H](CCBr)[C@H]1COC2(CCCCC2)O1. The van der Waals surface area contributed by atoms with Gasteiger partial charge >= 0.3 is 0 Å². The second kappa shape index (κ2) is 5.65. The normalized spacial score (nSPS) is 30.4. The van der Waals surface area contributed by atoms with Crippen LogP contribution in [0.5, 0.6) is 0 Å². The van der Waals surface area contributed by atoms with Crippen LogP contribution in [0.2, 0.25) is 0 Å². The van der Waals surface area contributed by atoms with E-state index in [4.69, 9.17) is 9.47 Å². The lowest BCUT2D eigenvalue weighted by Gasteiger charge is -2.32. The third kappa shape index (κ3) is 2.69. The van der Waals surface area contributed by atoms with Gasteiger partial charge in [-0.05, 0) is 19.3 Å². The first-order chi connectivity index (χ1) is 7.79. The molecule has 0 aromatic carbocycles. The molecule has 2 rings (SSSR count). The zero-order valence-corrected chi connectivity index (χ0v) is 11.4. The monoisotopic (exact) mass is 288 g/mol. The molecule has 1 aliphatic heterocycles. The maximum absolute atomic E-state index is 6.18. The minimum atomic E-state index is -0.240. The van der Waals surface area contributed by atoms with Crippen LogP contribution in [0, 0.1) is 5.92 Å². The van der Waals surface area contributed by atoms with Gasteiger partial charge in [-0.15, -0.1) is 6.58 Å². The second-order valence-electron chi connectivity index (χ2n) is 4.82. The van der Waals surface area contributed by atoms with Crippen molar-refractivity contribution in [3.63, 3.8) is 0 Å². The molecule has 0 radical (unpaired) electrons. The summed E-state index contributed by atoms with van der Waals surface area (Å²) in [7, 11) is 0. The molecule has 2 atom stereocenters. The van der Waals surface area contributed by atoms with E-state index < -0.39 is 0 Å². The highest BCUT2D eigenvalue weighted by molar-refractivity contribution is 9.09. The summed E-state index contributed by atoms with van der Waals surface area (Å²) in [5, 5.41) is 0.997. The van der Waals surface area contributed by atoms with Gasteiger partial charge in [0.25, 0.3) is 0 Å². The molecule has 1 spiro atoms. The Hall–Kier alpha value is 0.140. The van der Waals surface area contributed by atoms with E-state index in [0.717, 1.165) is 31.2 Å². The van der Waals surface area contributed by atoms with Gasteiger partial charge in [0.15, 0.2) is 5.79 Å². The largest absolute Gasteiger partial charge is 0.347 e. The molecular formula is C13H21BrO2. The van der Waals surface area contributed by atoms with Gasteiger partial charge in [0.05, 0.1) is 12.7 Å². The lowest BCUT2D eigenvalue weighted by molar-refractivity contribution is -0.190. The maximum atomic E-state index is 6.18. The zero-order valence-electron chi connectivity index (χ0n) is 9.79. The summed E-state index contributed by atoms with van der Waals surface area (Å²) in [6, 6.07) is 0. The van der Waals surface area contributed by atoms with Gasteiger partial charge in [0, 0.05) is 24.1 Å². The molecule has 1 saturated heterocycles. The average Bonchev–Trinajstić information content (AvgIpc) is 2.71. The summed E-state index contributed by atoms with van der Waals surface area (Å²) in [6.07, 6.45) is 9.25. The maximum Gasteiger partial charge on any atom is 0.168 e. The minimum Gasteiger partial charge on any atom is -0.347 e. The molecule has 0 unspecified atom stereocenters. The Morgan fingerprint density at radius 2 is 2.12 bits per heavy atom. The lowest BCUT2D eigenvalue weighted by Crippen LogP contribution is -2.34. The molecule has 2 fully saturated rings. The first kappa shape index (κ1) is 12.6. The van der Waals surface area contributed by atoms with Crippen LogP contribution >= 0.6 is 15.9 Å². The average molecular weight is 289 g/mol. The smallest absolute Gasteiger partial charge is 0.168 e. The Bertz CT molecular complexity index is 236. The van der Waals surface area contributed by atoms with Gasteiger partial charge in [0.2, 0.25) is 0 Å². The summed E-state index contributed by atoms with van der Waals surface area (Å²) in [6.45, 7) is 4.64. The van der Waals surface area contributed by atoms with Crippen molar-refractivity contribution in [2.75, 3.05) is 11.9 Å². The van der Waals surface area contributed by atoms with Crippen LogP contribution in [-0.4, -0.2) is 23.8 Å². The predicted octanol–water partition coefficient (Wildman–Crippen LogP) is 3.65. The van der Waals surface area contributed by atoms with E-state index in [1.807, 2.05) is 6.08 Å². The molecule has 2 aliphatic rings. The summed E-state index contributed by atoms with van der Waals surface area (Å²) in [5.41, 5.74) is 0. The first-order valence-corrected chi connectivity index (χ1v) is 7.42. The van der Waals surface area contributed by atoms with Gasteiger partial charge in [-0.2, -0.15) is 0 Å². The molecule has 0 bridgehead atoms. The number of hydrogen-bond acceptors (Lipinski definition) is 2. The van der Waals surface area contributed by atoms with Crippen molar-refractivity contribution >= 4 is 15.9 Å². The third-order valence-electron chi connectivity index (χ3n) is 3.71. The van der Waals surface area contributed by atoms with Crippen molar-refractivity contribution in [3.8, 4) is 0 Å². The fraction of sp³-hybridized carbons (Fsp3) is 0.846. The van der Waals surface area contributed by atoms with Crippen molar-refractivity contribution in [1.29, 1.82) is 0 Å². The number of rotatable bonds is 4. The standard InChI is InChI=1S/C13H21BrO2/c1-2-11(6-9-14)12-10-15-13(16-12)7-4-3-5-8-13/h2,11-12H,1,3-10H2/t11-,12-/m1/s1. The highest BCUT2D eigenvalue weighted by Crippen LogP contribution is 2.40. The molecule has 1 saturated carbocycles. The van der Waals surface area contributed by atoms with Crippen LogP contribution in [0.3, 0.4) is 0 Å². The minimum absolute atomic E-state index is 0.216. The second-order valence-corrected chi connectivity index (χ2v) is 5.61. The molecule has 0 aromatic heterocycles. The number of halogens is 1. The van der Waals surface area contributed by atoms with E-state index in [1.165, 1.54) is 19.3 Å². The van der Waals surface area contributed by atoms with Crippen molar-refractivity contribution < 1.29 is 9.47 Å². The van der Waals surface area contributed by atoms with E-state index in [0.29, 0.717) is 5.92 Å². The van der Waals surface area contributed by atoms with Crippen molar-refractivity contribution in [1.82, 2.24) is 0 Å². The van der Waals surface area contributed by atoms with Crippen LogP contribution in [0.25, 0.3) is 0 Å². The van der Waals surface area contributed by atoms with E-state index in [9.17, 15) is 0 Å². The molecule has 1 heterocycles. The van der Waals surface area contributed by atoms with Crippen molar-refractivity contribution in [3.05, 3.63) is 12.7 Å². The van der Waals surface area contributed by atoms with Gasteiger partial charge in [-0.25, -0.2) is 0 Å². The van der Waals surface area contributed by atoms with Gasteiger partial charge < -0.3 is 9.47 Å². The van der Waals surface area contributed by atoms with E-state index in [1.54, 1.807) is 0 Å². The van der Waals surface area contributed by atoms with Gasteiger partial charge in [-0.3, -0.25) is 0 Å². The first-order valence-electron chi connectivity index (χ1n) is 6.30. The molecule has 0 aromatic rings. The van der Waals surface area contributed by atoms with E-state index in [-0.39, 0.29) is 11.9 Å². The summed E-state index contributed by atoms with van der Waals surface area (Å²) < 4.78 is 12.1. The summed E-state index contributed by atoms with van der Waals surface area (Å²) >= 11 is 3.48. The summed E-state index contributed by atoms with van der Waals surface area (Å²) in [4.78, 5) is 0. The van der Waals surface area contributed by atoms with Crippen LogP contribution in [0.4, 0.5) is 0 Å². The Morgan fingerprint density at radius 3 is 2.75 bits per heavy atom. The van der Waals surface area contributed by atoms with Crippen LogP contribution in [0.15, 0.2) is 12.7 Å². The fourth-order valence-corrected chi connectivity index (χ4v) is 3.25. The topological polar surface area (TPSA) is 18.5 Å². The van der Waals surface area contributed by atoms with Gasteiger partial charge in [0.1, 0.15) is 0 Å². The van der Waals surface area contributed by atoms with Crippen LogP contribution in [-0.2, 0) is 9.47 Å². The Balaban J connectivity index is 1.92. The molecular weight excluding hydrogens is 268 g/mol. The molecule has 3 heteroatoms. The van der Waals surface area contributed by atoms with Crippen LogP contribution < -0.4 is 0 Å². The number of alkyl halides is 1. The third-order valence-corrected chi connectivity index (χ3v) is 4.17. The Morgan fingerprint density at radius 1 is 1.38 bits per heavy atom. The Labute approximate surface area is 107 Å². The molecule has 0 amide bonds. The predicted molar refractivity (Wildman–Crippen MR) is 68.7 cm³/mol. The lowest BCUT2D eigenvalue weighted by atomic mass is 9.94. The van der Waals surface area contributed by atoms with E-state index >= 15 is 0 Å². The fourth-order valence-electron chi connectivity index (χ4n) is 2.72. The molecule has 0 N–H and O–H groups in total. The van der Waals surface area contributed by atoms with E-state index in [2.05, 4.69) is 22.5 Å². The highest BCUT2D eigenvalue weighted by atomic mass is 79.9. The van der Waals surface area contributed by atoms with Crippen LogP contribution in [0.1, 0.15) is 38.5 Å². The zero-order chi connectivity index (χ0) is 11.4. The molecule has 2 nitrogen and oxygen atoms in total. The highest BCUT2D eigenvalue weighted by Gasteiger charge is 2.43. The Kier molecular flexibility index (Phi) is 4.45. The molecule has 1 aliphatic carbocycles. The summed E-state index contributed by atoms with van der Waals surface area (Å²) in [5.74, 6) is 0.178. The van der Waals surface area contributed by atoms with Crippen molar-refractivity contribution in [2.45, 2.75) is 50.4 Å². The molecule has 92 valence electrons. The van der Waals surface area contributed by atoms with Crippen molar-refractivity contribution in [2.24, 2.45) is 5.92 Å². The number of ether oxygens (including phenoxy) is 2.